The maximum atomic E-state index is 13.3. The van der Waals surface area contributed by atoms with Gasteiger partial charge in [-0.1, -0.05) is 37.2 Å². The van der Waals surface area contributed by atoms with Crippen molar-refractivity contribution in [2.45, 2.75) is 45.7 Å². The smallest absolute Gasteiger partial charge is 0.340 e. The van der Waals surface area contributed by atoms with Crippen LogP contribution in [-0.2, 0) is 30.3 Å². The van der Waals surface area contributed by atoms with Crippen molar-refractivity contribution in [3.05, 3.63) is 65.6 Å². The summed E-state index contributed by atoms with van der Waals surface area (Å²) >= 11 is 0. The second kappa shape index (κ2) is 14.8. The molecule has 240 valence electrons. The second-order valence-corrected chi connectivity index (χ2v) is 10.6. The van der Waals surface area contributed by atoms with Crippen molar-refractivity contribution >= 4 is 40.4 Å². The number of esters is 1. The Morgan fingerprint density at radius 3 is 2.48 bits per heavy atom. The summed E-state index contributed by atoms with van der Waals surface area (Å²) in [6, 6.07) is 9.02. The first-order chi connectivity index (χ1) is 22.0. The molecule has 2 aromatic heterocycles. The van der Waals surface area contributed by atoms with Crippen molar-refractivity contribution < 1.29 is 43.1 Å². The van der Waals surface area contributed by atoms with Crippen LogP contribution in [-0.4, -0.2) is 80.8 Å². The predicted octanol–water partition coefficient (Wildman–Crippen LogP) is 2.07. The van der Waals surface area contributed by atoms with E-state index in [1.54, 1.807) is 63.2 Å². The first-order valence-electron chi connectivity index (χ1n) is 14.2. The fraction of sp³-hybridized carbons (Fsp3) is 0.323. The minimum Gasteiger partial charge on any atom is -0.496 e. The lowest BCUT2D eigenvalue weighted by Crippen LogP contribution is -2.54. The van der Waals surface area contributed by atoms with Crippen molar-refractivity contribution in [3.8, 4) is 17.2 Å². The molecule has 0 aliphatic rings. The van der Waals surface area contributed by atoms with E-state index >= 15 is 0 Å². The lowest BCUT2D eigenvalue weighted by atomic mass is 10.0. The molecule has 0 aliphatic heterocycles. The molecule has 2 atom stereocenters. The summed E-state index contributed by atoms with van der Waals surface area (Å²) in [5.74, 6) is -3.78. The molecule has 0 unspecified atom stereocenters. The standard InChI is InChI=1S/C31H32N6O9/c1-16(2)28(35-26(39)12-19-11-18(9-10-25(19)44-4)30-33-17(3)37-46-30)29(42)34-23(13-27(40)41)24(38)15-45-31(43)21-14-32-36-22-8-6-5-7-20(21)22/h5-11,14,16,23,28H,12-13,15H2,1-4H3,(H,34,42)(H,35,39)(H,40,41)/t23-,28-/m0/s1. The van der Waals surface area contributed by atoms with Crippen LogP contribution in [0, 0.1) is 12.8 Å². The summed E-state index contributed by atoms with van der Waals surface area (Å²) in [5, 5.41) is 26.4. The van der Waals surface area contributed by atoms with Gasteiger partial charge in [0.05, 0.1) is 37.2 Å². The molecule has 2 amide bonds. The normalized spacial score (nSPS) is 12.3. The molecule has 15 heteroatoms. The number of nitrogens with zero attached hydrogens (tertiary/aromatic N) is 4. The van der Waals surface area contributed by atoms with Gasteiger partial charge in [0.15, 0.2) is 18.2 Å². The highest BCUT2D eigenvalue weighted by molar-refractivity contribution is 6.04. The number of benzene rings is 2. The van der Waals surface area contributed by atoms with Gasteiger partial charge in [-0.05, 0) is 37.1 Å². The monoisotopic (exact) mass is 632 g/mol. The number of carbonyl (C=O) groups is 5. The Morgan fingerprint density at radius 1 is 1.04 bits per heavy atom. The Labute approximate surface area is 262 Å². The third-order valence-electron chi connectivity index (χ3n) is 6.87. The van der Waals surface area contributed by atoms with Crippen LogP contribution in [0.3, 0.4) is 0 Å². The number of nitrogens with one attached hydrogen (secondary N) is 2. The fourth-order valence-electron chi connectivity index (χ4n) is 4.56. The third-order valence-corrected chi connectivity index (χ3v) is 6.87. The quantitative estimate of drug-likeness (QED) is 0.170. The summed E-state index contributed by atoms with van der Waals surface area (Å²) in [7, 11) is 1.45. The Bertz CT molecular complexity index is 1760. The Hall–Kier alpha value is -5.73. The molecule has 46 heavy (non-hydrogen) atoms. The molecular weight excluding hydrogens is 600 g/mol. The second-order valence-electron chi connectivity index (χ2n) is 10.6. The Kier molecular flexibility index (Phi) is 10.7. The molecule has 2 heterocycles. The lowest BCUT2D eigenvalue weighted by Gasteiger charge is -2.24. The molecule has 15 nitrogen and oxygen atoms in total. The molecule has 0 fully saturated rings. The number of carbonyl (C=O) groups excluding carboxylic acids is 4. The Balaban J connectivity index is 1.42. The van der Waals surface area contributed by atoms with E-state index in [1.165, 1.54) is 13.3 Å². The topological polar surface area (TPSA) is 213 Å². The summed E-state index contributed by atoms with van der Waals surface area (Å²) < 4.78 is 15.7. The highest BCUT2D eigenvalue weighted by Crippen LogP contribution is 2.26. The SMILES string of the molecule is COc1ccc(-c2nc(C)no2)cc1CC(=O)N[C@H](C(=O)N[C@@H](CC(=O)O)C(=O)COC(=O)c1cnnc2ccccc12)C(C)C. The van der Waals surface area contributed by atoms with Gasteiger partial charge in [0, 0.05) is 16.5 Å². The number of hydrogen-bond donors (Lipinski definition) is 3. The number of Topliss-reactive ketones (excluding diaryl/α,β-unsaturated/α-hetero) is 1. The molecule has 0 saturated carbocycles. The van der Waals surface area contributed by atoms with Crippen LogP contribution in [0.15, 0.2) is 53.2 Å². The Morgan fingerprint density at radius 2 is 1.80 bits per heavy atom. The van der Waals surface area contributed by atoms with Crippen LogP contribution in [0.4, 0.5) is 0 Å². The van der Waals surface area contributed by atoms with E-state index in [0.717, 1.165) is 0 Å². The van der Waals surface area contributed by atoms with Gasteiger partial charge < -0.3 is 29.7 Å². The van der Waals surface area contributed by atoms with Gasteiger partial charge in [-0.2, -0.15) is 15.2 Å². The van der Waals surface area contributed by atoms with Gasteiger partial charge in [-0.3, -0.25) is 19.2 Å². The van der Waals surface area contributed by atoms with Gasteiger partial charge in [0.1, 0.15) is 17.8 Å². The largest absolute Gasteiger partial charge is 0.496 e. The zero-order chi connectivity index (χ0) is 33.4. The van der Waals surface area contributed by atoms with E-state index in [-0.39, 0.29) is 17.9 Å². The molecule has 0 spiro atoms. The van der Waals surface area contributed by atoms with E-state index in [2.05, 4.69) is 31.0 Å². The number of fused-ring (bicyclic) bond motifs is 1. The number of methoxy groups -OCH3 is 1. The molecule has 2 aromatic carbocycles. The molecular formula is C31H32N6O9. The lowest BCUT2D eigenvalue weighted by molar-refractivity contribution is -0.141. The van der Waals surface area contributed by atoms with E-state index in [9.17, 15) is 29.1 Å². The number of aromatic nitrogens is 4. The van der Waals surface area contributed by atoms with E-state index < -0.39 is 60.6 Å². The zero-order valence-corrected chi connectivity index (χ0v) is 25.5. The van der Waals surface area contributed by atoms with Crippen molar-refractivity contribution in [1.29, 1.82) is 0 Å². The van der Waals surface area contributed by atoms with Crippen LogP contribution in [0.5, 0.6) is 5.75 Å². The van der Waals surface area contributed by atoms with Crippen molar-refractivity contribution in [2.24, 2.45) is 5.92 Å². The van der Waals surface area contributed by atoms with Gasteiger partial charge in [0.2, 0.25) is 11.8 Å². The number of carboxylic acid groups (broad SMARTS) is 1. The van der Waals surface area contributed by atoms with Gasteiger partial charge in [-0.15, -0.1) is 0 Å². The van der Waals surface area contributed by atoms with Gasteiger partial charge in [-0.25, -0.2) is 4.79 Å². The van der Waals surface area contributed by atoms with Crippen LogP contribution in [0.2, 0.25) is 0 Å². The number of carboxylic acids is 1. The van der Waals surface area contributed by atoms with Crippen molar-refractivity contribution in [3.63, 3.8) is 0 Å². The number of hydrogen-bond acceptors (Lipinski definition) is 12. The molecule has 0 saturated heterocycles. The number of aryl methyl sites for hydroxylation is 1. The average Bonchev–Trinajstić information content (AvgIpc) is 3.47. The minimum absolute atomic E-state index is 0.0641. The zero-order valence-electron chi connectivity index (χ0n) is 25.5. The van der Waals surface area contributed by atoms with E-state index in [0.29, 0.717) is 33.6 Å². The molecule has 0 aliphatic carbocycles. The van der Waals surface area contributed by atoms with E-state index in [1.807, 2.05) is 0 Å². The van der Waals surface area contributed by atoms with Crippen molar-refractivity contribution in [2.75, 3.05) is 13.7 Å². The van der Waals surface area contributed by atoms with Gasteiger partial charge in [0.25, 0.3) is 5.89 Å². The number of aliphatic carboxylic acids is 1. The summed E-state index contributed by atoms with van der Waals surface area (Å²) in [6.07, 6.45) is 0.228. The number of ether oxygens (including phenoxy) is 2. The molecule has 4 aromatic rings. The molecule has 4 rings (SSSR count). The highest BCUT2D eigenvalue weighted by atomic mass is 16.5. The number of rotatable bonds is 14. The van der Waals surface area contributed by atoms with Crippen LogP contribution in [0.1, 0.15) is 42.0 Å². The van der Waals surface area contributed by atoms with Crippen molar-refractivity contribution in [1.82, 2.24) is 31.0 Å². The maximum Gasteiger partial charge on any atom is 0.340 e. The van der Waals surface area contributed by atoms with Crippen LogP contribution >= 0.6 is 0 Å². The van der Waals surface area contributed by atoms with E-state index in [4.69, 9.17) is 14.0 Å². The summed E-state index contributed by atoms with van der Waals surface area (Å²) in [5.41, 5.74) is 1.55. The average molecular weight is 633 g/mol. The fourth-order valence-corrected chi connectivity index (χ4v) is 4.56. The van der Waals surface area contributed by atoms with Gasteiger partial charge >= 0.3 is 11.9 Å². The highest BCUT2D eigenvalue weighted by Gasteiger charge is 2.31. The summed E-state index contributed by atoms with van der Waals surface area (Å²) in [6.45, 7) is 4.20. The number of ketones is 1. The van der Waals surface area contributed by atoms with Crippen LogP contribution in [0.25, 0.3) is 22.4 Å². The third kappa shape index (κ3) is 8.25. The molecule has 0 bridgehead atoms. The number of amides is 2. The first kappa shape index (κ1) is 33.2. The predicted molar refractivity (Wildman–Crippen MR) is 161 cm³/mol. The molecule has 0 radical (unpaired) electrons. The van der Waals surface area contributed by atoms with Crippen LogP contribution < -0.4 is 15.4 Å². The first-order valence-corrected chi connectivity index (χ1v) is 14.2. The minimum atomic E-state index is -1.54. The summed E-state index contributed by atoms with van der Waals surface area (Å²) in [4.78, 5) is 67.9. The molecule has 3 N–H and O–H groups in total. The maximum absolute atomic E-state index is 13.3.